The Hall–Kier alpha value is -2.26. The van der Waals surface area contributed by atoms with Gasteiger partial charge in [0.1, 0.15) is 0 Å². The quantitative estimate of drug-likeness (QED) is 0.721. The van der Waals surface area contributed by atoms with E-state index in [9.17, 15) is 13.2 Å². The molecule has 150 valence electrons. The van der Waals surface area contributed by atoms with E-state index in [4.69, 9.17) is 4.52 Å². The highest BCUT2D eigenvalue weighted by Gasteiger charge is 2.29. The third-order valence-corrected chi connectivity index (χ3v) is 7.04. The molecular formula is C19H24N4O4S. The van der Waals surface area contributed by atoms with Crippen LogP contribution in [0.15, 0.2) is 33.7 Å². The first-order valence-corrected chi connectivity index (χ1v) is 11.1. The zero-order valence-electron chi connectivity index (χ0n) is 15.6. The summed E-state index contributed by atoms with van der Waals surface area (Å²) < 4.78 is 31.7. The van der Waals surface area contributed by atoms with Crippen LogP contribution in [0.1, 0.15) is 55.3 Å². The maximum Gasteiger partial charge on any atom is 0.246 e. The maximum atomic E-state index is 12.5. The molecule has 9 heteroatoms. The number of nitrogens with zero attached hydrogens (tertiary/aromatic N) is 3. The van der Waals surface area contributed by atoms with Crippen molar-refractivity contribution in [3.63, 3.8) is 0 Å². The highest BCUT2D eigenvalue weighted by molar-refractivity contribution is 7.89. The molecule has 0 bridgehead atoms. The second-order valence-electron chi connectivity index (χ2n) is 7.35. The van der Waals surface area contributed by atoms with Crippen molar-refractivity contribution < 1.29 is 17.7 Å². The molecule has 2 aliphatic rings. The number of sulfonamides is 1. The number of carbonyl (C=O) groups excluding carboxylic acids is 1. The Bertz CT molecular complexity index is 929. The van der Waals surface area contributed by atoms with Gasteiger partial charge in [-0.25, -0.2) is 8.42 Å². The van der Waals surface area contributed by atoms with Crippen LogP contribution in [0, 0.1) is 0 Å². The van der Waals surface area contributed by atoms with Crippen LogP contribution >= 0.6 is 0 Å². The zero-order chi connectivity index (χ0) is 19.6. The van der Waals surface area contributed by atoms with E-state index < -0.39 is 10.0 Å². The van der Waals surface area contributed by atoms with Crippen LogP contribution in [0.4, 0.5) is 0 Å². The largest absolute Gasteiger partial charge is 0.347 e. The monoisotopic (exact) mass is 404 g/mol. The molecule has 2 heterocycles. The number of nitrogens with one attached hydrogen (secondary N) is 1. The first-order chi connectivity index (χ1) is 13.5. The lowest BCUT2D eigenvalue weighted by atomic mass is 10.1. The van der Waals surface area contributed by atoms with E-state index in [2.05, 4.69) is 15.5 Å². The topological polar surface area (TPSA) is 105 Å². The zero-order valence-corrected chi connectivity index (χ0v) is 16.5. The summed E-state index contributed by atoms with van der Waals surface area (Å²) in [6.45, 7) is 1.41. The first-order valence-electron chi connectivity index (χ1n) is 9.70. The Labute approximate surface area is 164 Å². The van der Waals surface area contributed by atoms with Crippen molar-refractivity contribution in [1.29, 1.82) is 0 Å². The molecule has 0 spiro atoms. The number of aryl methyl sites for hydroxylation is 1. The molecule has 1 aromatic carbocycles. The SMILES string of the molecule is O=C(CCc1ccc(S(=O)(=O)N2CCCC2)cc1)NCc1nc(C2CC2)no1. The van der Waals surface area contributed by atoms with E-state index in [1.54, 1.807) is 24.3 Å². The molecule has 4 rings (SSSR count). The van der Waals surface area contributed by atoms with Crippen molar-refractivity contribution >= 4 is 15.9 Å². The smallest absolute Gasteiger partial charge is 0.246 e. The summed E-state index contributed by atoms with van der Waals surface area (Å²) in [6, 6.07) is 6.80. The van der Waals surface area contributed by atoms with E-state index in [1.165, 1.54) is 4.31 Å². The number of rotatable bonds is 8. The Morgan fingerprint density at radius 2 is 1.89 bits per heavy atom. The number of aromatic nitrogens is 2. The number of hydrogen-bond donors (Lipinski definition) is 1. The standard InChI is InChI=1S/C19H24N4O4S/c24-17(20-13-18-21-19(22-27-18)15-6-7-15)10-5-14-3-8-16(9-4-14)28(25,26)23-11-1-2-12-23/h3-4,8-9,15H,1-2,5-7,10-13H2,(H,20,24). The van der Waals surface area contributed by atoms with Crippen LogP contribution in [-0.2, 0) is 27.8 Å². The molecule has 28 heavy (non-hydrogen) atoms. The molecular weight excluding hydrogens is 380 g/mol. The normalized spacial score (nSPS) is 17.7. The number of hydrogen-bond acceptors (Lipinski definition) is 6. The Morgan fingerprint density at radius 3 is 2.57 bits per heavy atom. The molecule has 1 N–H and O–H groups in total. The number of benzene rings is 1. The van der Waals surface area contributed by atoms with Gasteiger partial charge in [0.2, 0.25) is 21.8 Å². The van der Waals surface area contributed by atoms with Crippen LogP contribution in [0.3, 0.4) is 0 Å². The molecule has 1 aromatic heterocycles. The van der Waals surface area contributed by atoms with Gasteiger partial charge in [-0.2, -0.15) is 9.29 Å². The average Bonchev–Trinajstić information content (AvgIpc) is 3.20. The van der Waals surface area contributed by atoms with Gasteiger partial charge in [-0.05, 0) is 49.8 Å². The third-order valence-electron chi connectivity index (χ3n) is 5.13. The van der Waals surface area contributed by atoms with Crippen LogP contribution < -0.4 is 5.32 Å². The Kier molecular flexibility index (Phi) is 5.45. The second kappa shape index (κ2) is 8.00. The lowest BCUT2D eigenvalue weighted by molar-refractivity contribution is -0.121. The minimum Gasteiger partial charge on any atom is -0.347 e. The van der Waals surface area contributed by atoms with Gasteiger partial charge >= 0.3 is 0 Å². The third kappa shape index (κ3) is 4.41. The fourth-order valence-electron chi connectivity index (χ4n) is 3.27. The van der Waals surface area contributed by atoms with E-state index >= 15 is 0 Å². The van der Waals surface area contributed by atoms with Crippen molar-refractivity contribution in [1.82, 2.24) is 19.8 Å². The molecule has 0 atom stereocenters. The number of carbonyl (C=O) groups is 1. The summed E-state index contributed by atoms with van der Waals surface area (Å²) in [5.74, 6) is 1.46. The molecule has 0 unspecified atom stereocenters. The maximum absolute atomic E-state index is 12.5. The van der Waals surface area contributed by atoms with Crippen LogP contribution in [0.5, 0.6) is 0 Å². The molecule has 1 aliphatic heterocycles. The molecule has 1 saturated carbocycles. The van der Waals surface area contributed by atoms with E-state index in [-0.39, 0.29) is 12.5 Å². The highest BCUT2D eigenvalue weighted by Crippen LogP contribution is 2.38. The van der Waals surface area contributed by atoms with Gasteiger partial charge in [0, 0.05) is 25.4 Å². The molecule has 2 fully saturated rings. The Morgan fingerprint density at radius 1 is 1.18 bits per heavy atom. The van der Waals surface area contributed by atoms with Crippen LogP contribution in [-0.4, -0.2) is 41.9 Å². The highest BCUT2D eigenvalue weighted by atomic mass is 32.2. The lowest BCUT2D eigenvalue weighted by Crippen LogP contribution is -2.27. The summed E-state index contributed by atoms with van der Waals surface area (Å²) in [5, 5.41) is 6.69. The lowest BCUT2D eigenvalue weighted by Gasteiger charge is -2.15. The van der Waals surface area contributed by atoms with Crippen molar-refractivity contribution in [2.24, 2.45) is 0 Å². The Balaban J connectivity index is 1.25. The van der Waals surface area contributed by atoms with Crippen molar-refractivity contribution in [3.05, 3.63) is 41.5 Å². The van der Waals surface area contributed by atoms with Crippen molar-refractivity contribution in [2.75, 3.05) is 13.1 Å². The predicted molar refractivity (Wildman–Crippen MR) is 101 cm³/mol. The van der Waals surface area contributed by atoms with Gasteiger partial charge in [0.25, 0.3) is 0 Å². The van der Waals surface area contributed by atoms with Gasteiger partial charge in [-0.1, -0.05) is 17.3 Å². The van der Waals surface area contributed by atoms with Crippen molar-refractivity contribution in [3.8, 4) is 0 Å². The molecule has 2 aromatic rings. The summed E-state index contributed by atoms with van der Waals surface area (Å²) >= 11 is 0. The minimum atomic E-state index is -3.40. The van der Waals surface area contributed by atoms with E-state index in [0.717, 1.165) is 37.1 Å². The summed E-state index contributed by atoms with van der Waals surface area (Å²) in [5.41, 5.74) is 0.921. The molecule has 8 nitrogen and oxygen atoms in total. The molecule has 1 amide bonds. The fraction of sp³-hybridized carbons (Fsp3) is 0.526. The summed E-state index contributed by atoms with van der Waals surface area (Å²) in [6.07, 6.45) is 4.87. The molecule has 1 saturated heterocycles. The van der Waals surface area contributed by atoms with Gasteiger partial charge in [0.05, 0.1) is 11.4 Å². The summed E-state index contributed by atoms with van der Waals surface area (Å²) in [7, 11) is -3.40. The van der Waals surface area contributed by atoms with Crippen LogP contribution in [0.25, 0.3) is 0 Å². The van der Waals surface area contributed by atoms with Gasteiger partial charge < -0.3 is 9.84 Å². The fourth-order valence-corrected chi connectivity index (χ4v) is 4.79. The van der Waals surface area contributed by atoms with E-state index in [1.807, 2.05) is 0 Å². The van der Waals surface area contributed by atoms with Crippen molar-refractivity contribution in [2.45, 2.75) is 55.9 Å². The molecule has 0 radical (unpaired) electrons. The van der Waals surface area contributed by atoms with Crippen LogP contribution in [0.2, 0.25) is 0 Å². The average molecular weight is 404 g/mol. The first kappa shape index (κ1) is 19.1. The predicted octanol–water partition coefficient (Wildman–Crippen LogP) is 1.98. The minimum absolute atomic E-state index is 0.111. The molecule has 1 aliphatic carbocycles. The van der Waals surface area contributed by atoms with E-state index in [0.29, 0.717) is 42.6 Å². The number of amides is 1. The van der Waals surface area contributed by atoms with Gasteiger partial charge in [-0.15, -0.1) is 0 Å². The van der Waals surface area contributed by atoms with Gasteiger partial charge in [-0.3, -0.25) is 4.79 Å². The van der Waals surface area contributed by atoms with Gasteiger partial charge in [0.15, 0.2) is 5.82 Å². The second-order valence-corrected chi connectivity index (χ2v) is 9.29. The summed E-state index contributed by atoms with van der Waals surface area (Å²) in [4.78, 5) is 16.6.